The van der Waals surface area contributed by atoms with Crippen molar-refractivity contribution in [3.63, 3.8) is 0 Å². The second kappa shape index (κ2) is 9.22. The van der Waals surface area contributed by atoms with Crippen LogP contribution in [-0.2, 0) is 27.7 Å². The number of carbonyl (C=O) groups is 1. The zero-order valence-corrected chi connectivity index (χ0v) is 18.0. The topological polar surface area (TPSA) is 57.7 Å². The van der Waals surface area contributed by atoms with E-state index in [-0.39, 0.29) is 17.2 Å². The normalized spacial score (nSPS) is 14.1. The fourth-order valence-electron chi connectivity index (χ4n) is 3.79. The fourth-order valence-corrected chi connectivity index (χ4v) is 5.30. The van der Waals surface area contributed by atoms with Gasteiger partial charge in [-0.05, 0) is 60.7 Å². The van der Waals surface area contributed by atoms with Gasteiger partial charge < -0.3 is 4.90 Å². The van der Waals surface area contributed by atoms with Crippen molar-refractivity contribution in [2.45, 2.75) is 44.4 Å². The molecule has 8 heteroatoms. The maximum absolute atomic E-state index is 13.4. The van der Waals surface area contributed by atoms with Crippen LogP contribution in [0.1, 0.15) is 37.8 Å². The Morgan fingerprint density at radius 1 is 1.07 bits per heavy atom. The lowest BCUT2D eigenvalue weighted by Gasteiger charge is -2.30. The summed E-state index contributed by atoms with van der Waals surface area (Å²) in [5.41, 5.74) is 2.10. The van der Waals surface area contributed by atoms with Gasteiger partial charge in [0, 0.05) is 31.7 Å². The molecular weight excluding hydrogens is 410 g/mol. The van der Waals surface area contributed by atoms with Crippen molar-refractivity contribution in [2.24, 2.45) is 0 Å². The van der Waals surface area contributed by atoms with Gasteiger partial charge in [-0.15, -0.1) is 0 Å². The average Bonchev–Trinajstić information content (AvgIpc) is 2.74. The van der Waals surface area contributed by atoms with Gasteiger partial charge in [0.25, 0.3) is 0 Å². The van der Waals surface area contributed by atoms with E-state index in [1.54, 1.807) is 36.9 Å². The first-order valence-corrected chi connectivity index (χ1v) is 11.6. The molecule has 162 valence electrons. The molecule has 1 aliphatic rings. The van der Waals surface area contributed by atoms with Crippen LogP contribution in [0.15, 0.2) is 41.3 Å². The number of rotatable bonds is 7. The third kappa shape index (κ3) is 4.54. The smallest absolute Gasteiger partial charge is 0.243 e. The van der Waals surface area contributed by atoms with Gasteiger partial charge >= 0.3 is 0 Å². The Labute approximate surface area is 176 Å². The minimum absolute atomic E-state index is 0.125. The van der Waals surface area contributed by atoms with Crippen molar-refractivity contribution in [1.29, 1.82) is 0 Å². The molecule has 30 heavy (non-hydrogen) atoms. The monoisotopic (exact) mass is 436 g/mol. The van der Waals surface area contributed by atoms with E-state index in [0.717, 1.165) is 29.8 Å². The van der Waals surface area contributed by atoms with Gasteiger partial charge in [0.15, 0.2) is 11.6 Å². The van der Waals surface area contributed by atoms with E-state index in [1.807, 2.05) is 0 Å². The number of nitrogens with zero attached hydrogens (tertiary/aromatic N) is 2. The third-order valence-corrected chi connectivity index (χ3v) is 7.47. The van der Waals surface area contributed by atoms with Crippen LogP contribution in [0, 0.1) is 11.6 Å². The van der Waals surface area contributed by atoms with E-state index in [9.17, 15) is 22.0 Å². The molecule has 0 radical (unpaired) electrons. The van der Waals surface area contributed by atoms with E-state index in [0.29, 0.717) is 38.0 Å². The number of hydrogen-bond donors (Lipinski definition) is 0. The number of benzene rings is 2. The van der Waals surface area contributed by atoms with Gasteiger partial charge in [-0.1, -0.05) is 19.9 Å². The van der Waals surface area contributed by atoms with E-state index >= 15 is 0 Å². The second-order valence-corrected chi connectivity index (χ2v) is 9.22. The lowest BCUT2D eigenvalue weighted by Crippen LogP contribution is -2.36. The van der Waals surface area contributed by atoms with Crippen LogP contribution in [0.25, 0.3) is 0 Å². The molecule has 0 spiro atoms. The van der Waals surface area contributed by atoms with Gasteiger partial charge in [0.05, 0.1) is 4.90 Å². The summed E-state index contributed by atoms with van der Waals surface area (Å²) in [5.74, 6) is -1.96. The molecule has 1 amide bonds. The second-order valence-electron chi connectivity index (χ2n) is 7.28. The summed E-state index contributed by atoms with van der Waals surface area (Å²) in [5, 5.41) is 0. The molecule has 1 aliphatic heterocycles. The zero-order chi connectivity index (χ0) is 21.9. The van der Waals surface area contributed by atoms with Gasteiger partial charge in [-0.3, -0.25) is 4.79 Å². The van der Waals surface area contributed by atoms with Crippen LogP contribution >= 0.6 is 0 Å². The van der Waals surface area contributed by atoms with Gasteiger partial charge in [-0.25, -0.2) is 17.2 Å². The summed E-state index contributed by atoms with van der Waals surface area (Å²) in [7, 11) is -3.56. The molecule has 0 bridgehead atoms. The summed E-state index contributed by atoms with van der Waals surface area (Å²) in [6.45, 7) is 4.93. The molecule has 0 fully saturated rings. The number of anilines is 1. The van der Waals surface area contributed by atoms with Crippen LogP contribution < -0.4 is 4.90 Å². The number of halogens is 2. The highest BCUT2D eigenvalue weighted by molar-refractivity contribution is 7.89. The highest BCUT2D eigenvalue weighted by atomic mass is 32.2. The third-order valence-electron chi connectivity index (χ3n) is 5.43. The fraction of sp³-hybridized carbons (Fsp3) is 0.409. The van der Waals surface area contributed by atoms with Crippen molar-refractivity contribution in [1.82, 2.24) is 4.31 Å². The molecule has 2 aromatic rings. The Bertz CT molecular complexity index is 1040. The van der Waals surface area contributed by atoms with Crippen molar-refractivity contribution >= 4 is 21.6 Å². The molecule has 5 nitrogen and oxygen atoms in total. The highest BCUT2D eigenvalue weighted by Crippen LogP contribution is 2.31. The Morgan fingerprint density at radius 2 is 1.80 bits per heavy atom. The summed E-state index contributed by atoms with van der Waals surface area (Å²) in [6.07, 6.45) is 1.89. The van der Waals surface area contributed by atoms with Gasteiger partial charge in [-0.2, -0.15) is 4.31 Å². The van der Waals surface area contributed by atoms with Crippen molar-refractivity contribution in [3.05, 3.63) is 59.2 Å². The van der Waals surface area contributed by atoms with Crippen molar-refractivity contribution in [3.8, 4) is 0 Å². The van der Waals surface area contributed by atoms with Crippen LogP contribution in [0.4, 0.5) is 14.5 Å². The standard InChI is InChI=1S/C22H26F2N2O3S/c1-3-25(4-2)30(28,29)18-9-11-21-17(15-18)6-5-13-26(21)22(27)12-8-16-7-10-19(23)20(24)14-16/h7,9-11,14-15H,3-6,8,12-13H2,1-2H3. The molecule has 0 aromatic heterocycles. The van der Waals surface area contributed by atoms with Gasteiger partial charge in [0.1, 0.15) is 0 Å². The molecule has 0 saturated carbocycles. The summed E-state index contributed by atoms with van der Waals surface area (Å²) in [4.78, 5) is 14.7. The lowest BCUT2D eigenvalue weighted by molar-refractivity contribution is -0.118. The first-order chi connectivity index (χ1) is 14.3. The van der Waals surface area contributed by atoms with Crippen LogP contribution in [0.2, 0.25) is 0 Å². The molecular formula is C22H26F2N2O3S. The Kier molecular flexibility index (Phi) is 6.88. The molecule has 0 aliphatic carbocycles. The predicted molar refractivity (Wildman–Crippen MR) is 112 cm³/mol. The first-order valence-electron chi connectivity index (χ1n) is 10.1. The lowest BCUT2D eigenvalue weighted by atomic mass is 10.0. The summed E-state index contributed by atoms with van der Waals surface area (Å²) < 4.78 is 53.4. The predicted octanol–water partition coefficient (Wildman–Crippen LogP) is 3.91. The minimum Gasteiger partial charge on any atom is -0.312 e. The Morgan fingerprint density at radius 3 is 2.47 bits per heavy atom. The maximum Gasteiger partial charge on any atom is 0.243 e. The van der Waals surface area contributed by atoms with E-state index in [1.165, 1.54) is 10.4 Å². The molecule has 3 rings (SSSR count). The van der Waals surface area contributed by atoms with E-state index in [4.69, 9.17) is 0 Å². The summed E-state index contributed by atoms with van der Waals surface area (Å²) >= 11 is 0. The number of sulfonamides is 1. The average molecular weight is 437 g/mol. The molecule has 0 atom stereocenters. The summed E-state index contributed by atoms with van der Waals surface area (Å²) in [6, 6.07) is 8.55. The maximum atomic E-state index is 13.4. The number of fused-ring (bicyclic) bond motifs is 1. The zero-order valence-electron chi connectivity index (χ0n) is 17.2. The Balaban J connectivity index is 1.78. The number of amides is 1. The van der Waals surface area contributed by atoms with E-state index in [2.05, 4.69) is 0 Å². The number of aryl methyl sites for hydroxylation is 2. The van der Waals surface area contributed by atoms with Crippen LogP contribution in [-0.4, -0.2) is 38.3 Å². The minimum atomic E-state index is -3.56. The van der Waals surface area contributed by atoms with Crippen LogP contribution in [0.3, 0.4) is 0 Å². The molecule has 2 aromatic carbocycles. The highest BCUT2D eigenvalue weighted by Gasteiger charge is 2.27. The quantitative estimate of drug-likeness (QED) is 0.661. The molecule has 0 saturated heterocycles. The van der Waals surface area contributed by atoms with E-state index < -0.39 is 21.7 Å². The number of carbonyl (C=O) groups excluding carboxylic acids is 1. The Hall–Kier alpha value is -2.32. The van der Waals surface area contributed by atoms with Gasteiger partial charge in [0.2, 0.25) is 15.9 Å². The van der Waals surface area contributed by atoms with Crippen LogP contribution in [0.5, 0.6) is 0 Å². The number of hydrogen-bond acceptors (Lipinski definition) is 3. The SMILES string of the molecule is CCN(CC)S(=O)(=O)c1ccc2c(c1)CCCN2C(=O)CCc1ccc(F)c(F)c1. The first kappa shape index (κ1) is 22.4. The molecule has 0 N–H and O–H groups in total. The molecule has 0 unspecified atom stereocenters. The molecule has 1 heterocycles. The van der Waals surface area contributed by atoms with Crippen molar-refractivity contribution in [2.75, 3.05) is 24.5 Å². The van der Waals surface area contributed by atoms with Crippen molar-refractivity contribution < 1.29 is 22.0 Å². The largest absolute Gasteiger partial charge is 0.312 e.